The van der Waals surface area contributed by atoms with E-state index in [4.69, 9.17) is 14.3 Å². The van der Waals surface area contributed by atoms with Crippen molar-refractivity contribution in [2.75, 3.05) is 13.7 Å². The third-order valence-corrected chi connectivity index (χ3v) is 2.98. The van der Waals surface area contributed by atoms with Gasteiger partial charge in [-0.1, -0.05) is 12.1 Å². The Hall–Kier alpha value is -2.50. The standard InChI is InChI=1S/C14H15NO5/c1-8-9-4-3-5-10(19-2)13(9)20-12(8)14(18)15-7-6-11(16)17/h3-5H,6-7H2,1-2H3,(H,15,18)(H,16,17). The Labute approximate surface area is 115 Å². The molecule has 6 nitrogen and oxygen atoms in total. The molecule has 1 amide bonds. The summed E-state index contributed by atoms with van der Waals surface area (Å²) in [5.41, 5.74) is 1.21. The molecule has 0 aliphatic heterocycles. The number of hydrogen-bond donors (Lipinski definition) is 2. The van der Waals surface area contributed by atoms with Crippen LogP contribution in [0.2, 0.25) is 0 Å². The first kappa shape index (κ1) is 13.9. The number of hydrogen-bond acceptors (Lipinski definition) is 4. The number of amides is 1. The molecule has 0 spiro atoms. The summed E-state index contributed by atoms with van der Waals surface area (Å²) in [5, 5.41) is 11.9. The summed E-state index contributed by atoms with van der Waals surface area (Å²) < 4.78 is 10.7. The molecule has 20 heavy (non-hydrogen) atoms. The van der Waals surface area contributed by atoms with Crippen LogP contribution in [0.5, 0.6) is 5.75 Å². The zero-order chi connectivity index (χ0) is 14.7. The van der Waals surface area contributed by atoms with Crippen molar-refractivity contribution in [2.24, 2.45) is 0 Å². The van der Waals surface area contributed by atoms with E-state index in [9.17, 15) is 9.59 Å². The van der Waals surface area contributed by atoms with Crippen molar-refractivity contribution in [3.8, 4) is 5.75 Å². The molecule has 0 aliphatic carbocycles. The number of nitrogens with one attached hydrogen (secondary N) is 1. The summed E-state index contributed by atoms with van der Waals surface area (Å²) in [6.07, 6.45) is -0.131. The van der Waals surface area contributed by atoms with E-state index in [0.717, 1.165) is 5.39 Å². The number of aliphatic carboxylic acids is 1. The van der Waals surface area contributed by atoms with Gasteiger partial charge in [0.25, 0.3) is 5.91 Å². The van der Waals surface area contributed by atoms with Crippen molar-refractivity contribution >= 4 is 22.8 Å². The van der Waals surface area contributed by atoms with Gasteiger partial charge in [-0.3, -0.25) is 9.59 Å². The Morgan fingerprint density at radius 1 is 1.40 bits per heavy atom. The molecule has 0 atom stereocenters. The van der Waals surface area contributed by atoms with Gasteiger partial charge in [-0.25, -0.2) is 0 Å². The molecule has 2 aromatic rings. The predicted molar refractivity (Wildman–Crippen MR) is 72.1 cm³/mol. The maximum atomic E-state index is 12.0. The molecule has 0 aliphatic rings. The quantitative estimate of drug-likeness (QED) is 0.872. The van der Waals surface area contributed by atoms with E-state index in [1.165, 1.54) is 7.11 Å². The maximum absolute atomic E-state index is 12.0. The van der Waals surface area contributed by atoms with E-state index in [1.807, 2.05) is 12.1 Å². The van der Waals surface area contributed by atoms with Crippen molar-refractivity contribution in [1.29, 1.82) is 0 Å². The highest BCUT2D eigenvalue weighted by Crippen LogP contribution is 2.32. The predicted octanol–water partition coefficient (Wildman–Crippen LogP) is 1.95. The second-order valence-corrected chi connectivity index (χ2v) is 4.29. The molecule has 0 unspecified atom stereocenters. The fourth-order valence-electron chi connectivity index (χ4n) is 1.96. The molecular weight excluding hydrogens is 262 g/mol. The second kappa shape index (κ2) is 5.64. The summed E-state index contributed by atoms with van der Waals surface area (Å²) in [6, 6.07) is 5.40. The number of benzene rings is 1. The minimum absolute atomic E-state index is 0.0573. The topological polar surface area (TPSA) is 88.8 Å². The number of carboxylic acid groups (broad SMARTS) is 1. The molecule has 0 fully saturated rings. The van der Waals surface area contributed by atoms with Gasteiger partial charge in [-0.05, 0) is 13.0 Å². The van der Waals surface area contributed by atoms with Crippen molar-refractivity contribution in [1.82, 2.24) is 5.32 Å². The molecule has 1 aromatic heterocycles. The number of furan rings is 1. The number of carbonyl (C=O) groups excluding carboxylic acids is 1. The molecule has 2 N–H and O–H groups in total. The molecule has 2 rings (SSSR count). The molecule has 0 saturated heterocycles. The van der Waals surface area contributed by atoms with Gasteiger partial charge < -0.3 is 19.6 Å². The van der Waals surface area contributed by atoms with Crippen LogP contribution in [0.4, 0.5) is 0 Å². The summed E-state index contributed by atoms with van der Waals surface area (Å²) in [7, 11) is 1.53. The highest BCUT2D eigenvalue weighted by atomic mass is 16.5. The summed E-state index contributed by atoms with van der Waals surface area (Å²) in [6.45, 7) is 1.83. The van der Waals surface area contributed by atoms with Crippen LogP contribution in [-0.2, 0) is 4.79 Å². The minimum atomic E-state index is -0.965. The summed E-state index contributed by atoms with van der Waals surface area (Å²) >= 11 is 0. The Kier molecular flexibility index (Phi) is 3.93. The molecule has 0 saturated carbocycles. The van der Waals surface area contributed by atoms with E-state index < -0.39 is 11.9 Å². The van der Waals surface area contributed by atoms with Crippen LogP contribution >= 0.6 is 0 Å². The maximum Gasteiger partial charge on any atom is 0.305 e. The zero-order valence-corrected chi connectivity index (χ0v) is 11.2. The molecule has 106 valence electrons. The Bertz CT molecular complexity index is 659. The third kappa shape index (κ3) is 2.59. The van der Waals surface area contributed by atoms with Gasteiger partial charge in [0.1, 0.15) is 0 Å². The lowest BCUT2D eigenvalue weighted by molar-refractivity contribution is -0.136. The number of fused-ring (bicyclic) bond motifs is 1. The van der Waals surface area contributed by atoms with Crippen molar-refractivity contribution in [3.63, 3.8) is 0 Å². The van der Waals surface area contributed by atoms with Crippen molar-refractivity contribution in [2.45, 2.75) is 13.3 Å². The van der Waals surface area contributed by atoms with E-state index in [2.05, 4.69) is 5.32 Å². The molecule has 0 radical (unpaired) electrons. The average molecular weight is 277 g/mol. The van der Waals surface area contributed by atoms with Crippen molar-refractivity contribution < 1.29 is 23.8 Å². The van der Waals surface area contributed by atoms with E-state index in [0.29, 0.717) is 16.9 Å². The number of rotatable bonds is 5. The molecular formula is C14H15NO5. The number of carboxylic acids is 1. The molecule has 6 heteroatoms. The van der Waals surface area contributed by atoms with Gasteiger partial charge in [0, 0.05) is 17.5 Å². The van der Waals surface area contributed by atoms with Crippen LogP contribution in [-0.4, -0.2) is 30.6 Å². The molecule has 1 aromatic carbocycles. The Morgan fingerprint density at radius 2 is 2.15 bits per heavy atom. The second-order valence-electron chi connectivity index (χ2n) is 4.29. The summed E-state index contributed by atoms with van der Waals surface area (Å²) in [4.78, 5) is 22.4. The van der Waals surface area contributed by atoms with Gasteiger partial charge in [0.2, 0.25) is 0 Å². The fourth-order valence-corrected chi connectivity index (χ4v) is 1.96. The SMILES string of the molecule is COc1cccc2c(C)c(C(=O)NCCC(=O)O)oc12. The van der Waals surface area contributed by atoms with E-state index >= 15 is 0 Å². The van der Waals surface area contributed by atoms with Crippen LogP contribution < -0.4 is 10.1 Å². The average Bonchev–Trinajstić information content (AvgIpc) is 2.76. The lowest BCUT2D eigenvalue weighted by Crippen LogP contribution is -2.26. The van der Waals surface area contributed by atoms with Gasteiger partial charge in [-0.2, -0.15) is 0 Å². The van der Waals surface area contributed by atoms with Gasteiger partial charge >= 0.3 is 5.97 Å². The monoisotopic (exact) mass is 277 g/mol. The number of aryl methyl sites for hydroxylation is 1. The highest BCUT2D eigenvalue weighted by molar-refractivity contribution is 6.00. The highest BCUT2D eigenvalue weighted by Gasteiger charge is 2.19. The lowest BCUT2D eigenvalue weighted by Gasteiger charge is -2.01. The minimum Gasteiger partial charge on any atom is -0.493 e. The molecule has 1 heterocycles. The van der Waals surface area contributed by atoms with E-state index in [1.54, 1.807) is 13.0 Å². The van der Waals surface area contributed by atoms with Gasteiger partial charge in [0.05, 0.1) is 13.5 Å². The number of carbonyl (C=O) groups is 2. The normalized spacial score (nSPS) is 10.5. The zero-order valence-electron chi connectivity index (χ0n) is 11.2. The number of ether oxygens (including phenoxy) is 1. The Balaban J connectivity index is 2.28. The van der Waals surface area contributed by atoms with Crippen LogP contribution in [0, 0.1) is 6.92 Å². The van der Waals surface area contributed by atoms with Gasteiger partial charge in [-0.15, -0.1) is 0 Å². The number of para-hydroxylation sites is 1. The third-order valence-electron chi connectivity index (χ3n) is 2.98. The van der Waals surface area contributed by atoms with Crippen LogP contribution in [0.25, 0.3) is 11.0 Å². The summed E-state index contributed by atoms with van der Waals surface area (Å²) in [5.74, 6) is -0.666. The van der Waals surface area contributed by atoms with E-state index in [-0.39, 0.29) is 18.7 Å². The first-order chi connectivity index (χ1) is 9.54. The van der Waals surface area contributed by atoms with Crippen LogP contribution in [0.3, 0.4) is 0 Å². The first-order valence-electron chi connectivity index (χ1n) is 6.10. The van der Waals surface area contributed by atoms with Crippen LogP contribution in [0.1, 0.15) is 22.5 Å². The largest absolute Gasteiger partial charge is 0.493 e. The van der Waals surface area contributed by atoms with Gasteiger partial charge in [0.15, 0.2) is 17.1 Å². The van der Waals surface area contributed by atoms with Crippen LogP contribution in [0.15, 0.2) is 22.6 Å². The Morgan fingerprint density at radius 3 is 2.80 bits per heavy atom. The molecule has 0 bridgehead atoms. The lowest BCUT2D eigenvalue weighted by atomic mass is 10.1. The van der Waals surface area contributed by atoms with Crippen molar-refractivity contribution in [3.05, 3.63) is 29.5 Å². The fraction of sp³-hybridized carbons (Fsp3) is 0.286. The number of methoxy groups -OCH3 is 1. The first-order valence-corrected chi connectivity index (χ1v) is 6.10. The smallest absolute Gasteiger partial charge is 0.305 e.